The van der Waals surface area contributed by atoms with Crippen LogP contribution in [0, 0.1) is 0 Å². The van der Waals surface area contributed by atoms with E-state index in [2.05, 4.69) is 18.1 Å². The van der Waals surface area contributed by atoms with Crippen LogP contribution in [0.3, 0.4) is 0 Å². The Morgan fingerprint density at radius 3 is 2.92 bits per heavy atom. The highest BCUT2D eigenvalue weighted by atomic mass is 32.2. The molecule has 0 aromatic rings. The second-order valence-corrected chi connectivity index (χ2v) is 4.68. The molecule has 0 aromatic heterocycles. The number of ketones is 1. The topological polar surface area (TPSA) is 20.3 Å². The van der Waals surface area contributed by atoms with Crippen LogP contribution < -0.4 is 0 Å². The zero-order valence-electron chi connectivity index (χ0n) is 7.88. The lowest BCUT2D eigenvalue weighted by Gasteiger charge is -2.15. The van der Waals surface area contributed by atoms with Gasteiger partial charge in [-0.3, -0.25) is 9.69 Å². The maximum absolute atomic E-state index is 10.9. The predicted molar refractivity (Wildman–Crippen MR) is 53.7 cm³/mol. The van der Waals surface area contributed by atoms with Crippen molar-refractivity contribution in [3.8, 4) is 0 Å². The summed E-state index contributed by atoms with van der Waals surface area (Å²) in [4.78, 5) is 13.2. The zero-order chi connectivity index (χ0) is 8.97. The van der Waals surface area contributed by atoms with Crippen molar-refractivity contribution >= 4 is 17.5 Å². The quantitative estimate of drug-likeness (QED) is 0.663. The van der Waals surface area contributed by atoms with Crippen LogP contribution in [-0.4, -0.2) is 41.8 Å². The van der Waals surface area contributed by atoms with Crippen LogP contribution in [0.2, 0.25) is 0 Å². The molecular weight excluding hydrogens is 170 g/mol. The molecule has 1 rings (SSSR count). The van der Waals surface area contributed by atoms with Gasteiger partial charge in [0.05, 0.1) is 6.54 Å². The van der Waals surface area contributed by atoms with Gasteiger partial charge in [-0.05, 0) is 19.2 Å². The molecule has 0 bridgehead atoms. The summed E-state index contributed by atoms with van der Waals surface area (Å²) in [6.45, 7) is 5.01. The molecule has 0 N–H and O–H groups in total. The third-order valence-electron chi connectivity index (χ3n) is 2.36. The molecule has 1 heterocycles. The average molecular weight is 187 g/mol. The molecule has 3 heteroatoms. The molecule has 0 amide bonds. The lowest BCUT2D eigenvalue weighted by molar-refractivity contribution is -0.116. The van der Waals surface area contributed by atoms with Gasteiger partial charge in [-0.25, -0.2) is 0 Å². The van der Waals surface area contributed by atoms with Crippen molar-refractivity contribution in [2.24, 2.45) is 0 Å². The molecule has 0 radical (unpaired) electrons. The highest BCUT2D eigenvalue weighted by molar-refractivity contribution is 7.99. The Balaban J connectivity index is 2.11. The number of likely N-dealkylation sites (tertiary alicyclic amines) is 1. The van der Waals surface area contributed by atoms with E-state index in [1.165, 1.54) is 6.42 Å². The standard InChI is InChI=1S/C9H17NOS/c1-8(12-2)3-5-10-6-4-9(11)7-10/h8H,3-7H2,1-2H3. The highest BCUT2D eigenvalue weighted by Gasteiger charge is 2.18. The van der Waals surface area contributed by atoms with Crippen molar-refractivity contribution in [3.05, 3.63) is 0 Å². The van der Waals surface area contributed by atoms with Crippen molar-refractivity contribution in [2.45, 2.75) is 25.0 Å². The summed E-state index contributed by atoms with van der Waals surface area (Å²) < 4.78 is 0. The van der Waals surface area contributed by atoms with Gasteiger partial charge in [0.2, 0.25) is 0 Å². The largest absolute Gasteiger partial charge is 0.298 e. The van der Waals surface area contributed by atoms with Crippen LogP contribution in [0.5, 0.6) is 0 Å². The molecule has 0 aromatic carbocycles. The van der Waals surface area contributed by atoms with Gasteiger partial charge in [0, 0.05) is 18.2 Å². The lowest BCUT2D eigenvalue weighted by Crippen LogP contribution is -2.23. The number of carbonyl (C=O) groups is 1. The van der Waals surface area contributed by atoms with Gasteiger partial charge >= 0.3 is 0 Å². The molecule has 0 saturated carbocycles. The summed E-state index contributed by atoms with van der Waals surface area (Å²) in [5.41, 5.74) is 0. The van der Waals surface area contributed by atoms with Crippen LogP contribution in [0.1, 0.15) is 19.8 Å². The van der Waals surface area contributed by atoms with Gasteiger partial charge in [0.25, 0.3) is 0 Å². The van der Waals surface area contributed by atoms with Gasteiger partial charge in [-0.2, -0.15) is 11.8 Å². The first-order valence-electron chi connectivity index (χ1n) is 4.49. The number of rotatable bonds is 4. The Hall–Kier alpha value is -0.0200. The van der Waals surface area contributed by atoms with Gasteiger partial charge < -0.3 is 0 Å². The third kappa shape index (κ3) is 3.15. The van der Waals surface area contributed by atoms with Crippen LogP contribution in [0.15, 0.2) is 0 Å². The summed E-state index contributed by atoms with van der Waals surface area (Å²) in [5.74, 6) is 0.409. The molecule has 1 fully saturated rings. The lowest BCUT2D eigenvalue weighted by atomic mass is 10.3. The van der Waals surface area contributed by atoms with Gasteiger partial charge in [0.15, 0.2) is 0 Å². The molecule has 0 aliphatic carbocycles. The predicted octanol–water partition coefficient (Wildman–Crippen LogP) is 1.40. The van der Waals surface area contributed by atoms with Crippen molar-refractivity contribution in [1.29, 1.82) is 0 Å². The smallest absolute Gasteiger partial charge is 0.148 e. The fraction of sp³-hybridized carbons (Fsp3) is 0.889. The molecule has 70 valence electrons. The number of thioether (sulfide) groups is 1. The molecule has 1 unspecified atom stereocenters. The molecule has 12 heavy (non-hydrogen) atoms. The van der Waals surface area contributed by atoms with E-state index < -0.39 is 0 Å². The van der Waals surface area contributed by atoms with E-state index in [0.29, 0.717) is 12.3 Å². The minimum absolute atomic E-state index is 0.409. The summed E-state index contributed by atoms with van der Waals surface area (Å²) >= 11 is 1.90. The molecule has 2 nitrogen and oxygen atoms in total. The summed E-state index contributed by atoms with van der Waals surface area (Å²) in [6.07, 6.45) is 4.11. The second-order valence-electron chi connectivity index (χ2n) is 3.40. The van der Waals surface area contributed by atoms with Crippen LogP contribution in [0.25, 0.3) is 0 Å². The summed E-state index contributed by atoms with van der Waals surface area (Å²) in [7, 11) is 0. The Morgan fingerprint density at radius 1 is 1.67 bits per heavy atom. The Bertz CT molecular complexity index is 161. The van der Waals surface area contributed by atoms with Gasteiger partial charge in [0.1, 0.15) is 5.78 Å². The van der Waals surface area contributed by atoms with E-state index in [1.54, 1.807) is 0 Å². The van der Waals surface area contributed by atoms with E-state index in [1.807, 2.05) is 11.8 Å². The Labute approximate surface area is 78.7 Å². The first kappa shape index (κ1) is 10.1. The van der Waals surface area contributed by atoms with E-state index in [4.69, 9.17) is 0 Å². The molecule has 1 saturated heterocycles. The number of Topliss-reactive ketones (excluding diaryl/α,β-unsaturated/α-hetero) is 1. The van der Waals surface area contributed by atoms with E-state index in [0.717, 1.165) is 24.8 Å². The summed E-state index contributed by atoms with van der Waals surface area (Å²) in [5, 5.41) is 0.723. The van der Waals surface area contributed by atoms with Gasteiger partial charge in [-0.1, -0.05) is 6.92 Å². The van der Waals surface area contributed by atoms with Crippen LogP contribution in [0.4, 0.5) is 0 Å². The molecule has 1 atom stereocenters. The van der Waals surface area contributed by atoms with Crippen LogP contribution in [-0.2, 0) is 4.79 Å². The van der Waals surface area contributed by atoms with E-state index in [-0.39, 0.29) is 0 Å². The Morgan fingerprint density at radius 2 is 2.42 bits per heavy atom. The number of nitrogens with zero attached hydrogens (tertiary/aromatic N) is 1. The maximum Gasteiger partial charge on any atom is 0.148 e. The van der Waals surface area contributed by atoms with Crippen LogP contribution >= 0.6 is 11.8 Å². The van der Waals surface area contributed by atoms with Gasteiger partial charge in [-0.15, -0.1) is 0 Å². The minimum Gasteiger partial charge on any atom is -0.298 e. The number of hydrogen-bond acceptors (Lipinski definition) is 3. The fourth-order valence-electron chi connectivity index (χ4n) is 1.36. The second kappa shape index (κ2) is 4.87. The molecule has 1 aliphatic rings. The fourth-order valence-corrected chi connectivity index (χ4v) is 1.70. The molecule has 0 spiro atoms. The monoisotopic (exact) mass is 187 g/mol. The van der Waals surface area contributed by atoms with E-state index >= 15 is 0 Å². The maximum atomic E-state index is 10.9. The summed E-state index contributed by atoms with van der Waals surface area (Å²) in [6, 6.07) is 0. The average Bonchev–Trinajstić information content (AvgIpc) is 2.47. The molecule has 1 aliphatic heterocycles. The van der Waals surface area contributed by atoms with Crippen molar-refractivity contribution in [1.82, 2.24) is 4.90 Å². The third-order valence-corrected chi connectivity index (χ3v) is 3.40. The number of hydrogen-bond donors (Lipinski definition) is 0. The first-order chi connectivity index (χ1) is 5.72. The first-order valence-corrected chi connectivity index (χ1v) is 5.78. The normalized spacial score (nSPS) is 21.7. The van der Waals surface area contributed by atoms with Crippen molar-refractivity contribution in [2.75, 3.05) is 25.9 Å². The minimum atomic E-state index is 0.409. The highest BCUT2D eigenvalue weighted by Crippen LogP contribution is 2.12. The zero-order valence-corrected chi connectivity index (χ0v) is 8.69. The van der Waals surface area contributed by atoms with Crippen molar-refractivity contribution in [3.63, 3.8) is 0 Å². The SMILES string of the molecule is CSC(C)CCN1CCC(=O)C1. The van der Waals surface area contributed by atoms with E-state index in [9.17, 15) is 4.79 Å². The molecular formula is C9H17NOS. The number of carbonyl (C=O) groups excluding carboxylic acids is 1. The Kier molecular flexibility index (Phi) is 4.09. The van der Waals surface area contributed by atoms with Crippen molar-refractivity contribution < 1.29 is 4.79 Å².